The Bertz CT molecular complexity index is 307. The number of benzene rings is 1. The van der Waals surface area contributed by atoms with Crippen molar-refractivity contribution in [2.45, 2.75) is 0 Å². The van der Waals surface area contributed by atoms with Gasteiger partial charge in [0.15, 0.2) is 0 Å². The van der Waals surface area contributed by atoms with Gasteiger partial charge in [-0.25, -0.2) is 0 Å². The van der Waals surface area contributed by atoms with Crippen molar-refractivity contribution in [3.8, 4) is 11.8 Å². The average molecular weight is 371 g/mol. The molecule has 0 radical (unpaired) electrons. The fourth-order valence-electron chi connectivity index (χ4n) is 0.671. The van der Waals surface area contributed by atoms with Crippen LogP contribution in [0.25, 0.3) is 0 Å². The Morgan fingerprint density at radius 3 is 2.45 bits per heavy atom. The van der Waals surface area contributed by atoms with Crippen LogP contribution in [0.2, 0.25) is 0 Å². The first-order valence-corrected chi connectivity index (χ1v) is 4.89. The highest BCUT2D eigenvalue weighted by atomic mass is 127. The van der Waals surface area contributed by atoms with Crippen LogP contribution in [0.1, 0.15) is 5.56 Å². The van der Waals surface area contributed by atoms with E-state index in [2.05, 4.69) is 22.6 Å². The minimum absolute atomic E-state index is 0.0591. The molecular formula is C7H3I2NO. The number of hydrogen-bond acceptors (Lipinski definition) is 2. The van der Waals surface area contributed by atoms with Crippen LogP contribution >= 0.6 is 45.2 Å². The number of halogens is 2. The zero-order chi connectivity index (χ0) is 8.43. The lowest BCUT2D eigenvalue weighted by molar-refractivity contribution is 0.472. The second-order valence-corrected chi connectivity index (χ2v) is 4.30. The van der Waals surface area contributed by atoms with Crippen molar-refractivity contribution >= 4 is 45.2 Å². The van der Waals surface area contributed by atoms with E-state index in [-0.39, 0.29) is 5.75 Å². The van der Waals surface area contributed by atoms with Crippen LogP contribution in [0.4, 0.5) is 0 Å². The predicted molar refractivity (Wildman–Crippen MR) is 58.3 cm³/mol. The molecule has 0 spiro atoms. The lowest BCUT2D eigenvalue weighted by atomic mass is 10.2. The van der Waals surface area contributed by atoms with E-state index in [4.69, 9.17) is 5.26 Å². The normalized spacial score (nSPS) is 9.18. The number of nitrogens with zero attached hydrogens (tertiary/aromatic N) is 1. The van der Waals surface area contributed by atoms with Crippen LogP contribution < -0.4 is 0 Å². The summed E-state index contributed by atoms with van der Waals surface area (Å²) in [6.07, 6.45) is 0. The molecule has 56 valence electrons. The highest BCUT2D eigenvalue weighted by Crippen LogP contribution is 2.24. The highest BCUT2D eigenvalue weighted by molar-refractivity contribution is 14.1. The topological polar surface area (TPSA) is 44.0 Å². The van der Waals surface area contributed by atoms with Gasteiger partial charge in [-0.1, -0.05) is 0 Å². The summed E-state index contributed by atoms with van der Waals surface area (Å²) in [6, 6.07) is 5.35. The van der Waals surface area contributed by atoms with Gasteiger partial charge in [-0.15, -0.1) is 0 Å². The SMILES string of the molecule is N#Cc1c(O)cc(I)cc1I. The van der Waals surface area contributed by atoms with Crippen LogP contribution in [0.3, 0.4) is 0 Å². The molecule has 1 aromatic carbocycles. The van der Waals surface area contributed by atoms with E-state index in [9.17, 15) is 5.11 Å². The molecule has 4 heteroatoms. The molecule has 0 amide bonds. The van der Waals surface area contributed by atoms with Gasteiger partial charge in [-0.05, 0) is 57.3 Å². The number of phenols is 1. The van der Waals surface area contributed by atoms with E-state index >= 15 is 0 Å². The number of rotatable bonds is 0. The van der Waals surface area contributed by atoms with Crippen molar-refractivity contribution < 1.29 is 5.11 Å². The van der Waals surface area contributed by atoms with Crippen molar-refractivity contribution in [2.75, 3.05) is 0 Å². The van der Waals surface area contributed by atoms with Crippen molar-refractivity contribution in [3.05, 3.63) is 24.8 Å². The molecule has 0 heterocycles. The third-order valence-corrected chi connectivity index (χ3v) is 2.62. The average Bonchev–Trinajstić information content (AvgIpc) is 1.85. The molecule has 1 rings (SSSR count). The van der Waals surface area contributed by atoms with E-state index < -0.39 is 0 Å². The van der Waals surface area contributed by atoms with E-state index in [0.29, 0.717) is 5.56 Å². The molecule has 0 bridgehead atoms. The zero-order valence-corrected chi connectivity index (χ0v) is 9.62. The summed E-state index contributed by atoms with van der Waals surface area (Å²) in [4.78, 5) is 0. The van der Waals surface area contributed by atoms with Gasteiger partial charge in [0, 0.05) is 7.14 Å². The summed E-state index contributed by atoms with van der Waals surface area (Å²) in [5.41, 5.74) is 0.353. The molecule has 2 nitrogen and oxygen atoms in total. The first-order chi connectivity index (χ1) is 5.15. The molecule has 0 aliphatic carbocycles. The van der Waals surface area contributed by atoms with Crippen molar-refractivity contribution in [1.82, 2.24) is 0 Å². The Kier molecular flexibility index (Phi) is 2.95. The Hall–Kier alpha value is -0.0300. The van der Waals surface area contributed by atoms with Gasteiger partial charge in [-0.2, -0.15) is 5.26 Å². The van der Waals surface area contributed by atoms with Crippen molar-refractivity contribution in [3.63, 3.8) is 0 Å². The minimum atomic E-state index is 0.0591. The van der Waals surface area contributed by atoms with Crippen LogP contribution in [-0.4, -0.2) is 5.11 Å². The Morgan fingerprint density at radius 2 is 2.00 bits per heavy atom. The summed E-state index contributed by atoms with van der Waals surface area (Å²) in [7, 11) is 0. The first-order valence-electron chi connectivity index (χ1n) is 2.73. The second-order valence-electron chi connectivity index (χ2n) is 1.89. The first kappa shape index (κ1) is 9.06. The quantitative estimate of drug-likeness (QED) is 0.713. The van der Waals surface area contributed by atoms with Gasteiger partial charge in [-0.3, -0.25) is 0 Å². The Balaban J connectivity index is 3.40. The van der Waals surface area contributed by atoms with Crippen LogP contribution in [0.5, 0.6) is 5.75 Å². The number of hydrogen-bond donors (Lipinski definition) is 1. The molecule has 0 aliphatic rings. The molecule has 0 fully saturated rings. The number of phenolic OH excluding ortho intramolecular Hbond substituents is 1. The lowest BCUT2D eigenvalue weighted by Gasteiger charge is -1.98. The third kappa shape index (κ3) is 1.96. The Labute approximate surface area is 91.5 Å². The van der Waals surface area contributed by atoms with E-state index in [0.717, 1.165) is 7.14 Å². The maximum absolute atomic E-state index is 9.24. The molecule has 0 aliphatic heterocycles. The number of nitriles is 1. The van der Waals surface area contributed by atoms with Crippen molar-refractivity contribution in [1.29, 1.82) is 5.26 Å². The third-order valence-electron chi connectivity index (χ3n) is 1.15. The van der Waals surface area contributed by atoms with Gasteiger partial charge in [0.2, 0.25) is 0 Å². The molecule has 0 aromatic heterocycles. The fraction of sp³-hybridized carbons (Fsp3) is 0. The maximum Gasteiger partial charge on any atom is 0.135 e. The van der Waals surface area contributed by atoms with E-state index in [1.807, 2.05) is 34.7 Å². The molecule has 11 heavy (non-hydrogen) atoms. The molecule has 0 saturated carbocycles. The number of aromatic hydroxyl groups is 1. The highest BCUT2D eigenvalue weighted by Gasteiger charge is 2.05. The minimum Gasteiger partial charge on any atom is -0.506 e. The van der Waals surface area contributed by atoms with Gasteiger partial charge < -0.3 is 5.11 Å². The van der Waals surface area contributed by atoms with E-state index in [1.165, 1.54) is 0 Å². The van der Waals surface area contributed by atoms with Gasteiger partial charge >= 0.3 is 0 Å². The Morgan fingerprint density at radius 1 is 1.36 bits per heavy atom. The van der Waals surface area contributed by atoms with Crippen LogP contribution in [0, 0.1) is 18.5 Å². The largest absolute Gasteiger partial charge is 0.506 e. The smallest absolute Gasteiger partial charge is 0.135 e. The summed E-state index contributed by atoms with van der Waals surface area (Å²) < 4.78 is 1.72. The zero-order valence-electron chi connectivity index (χ0n) is 5.31. The van der Waals surface area contributed by atoms with Gasteiger partial charge in [0.1, 0.15) is 17.4 Å². The predicted octanol–water partition coefficient (Wildman–Crippen LogP) is 2.47. The second kappa shape index (κ2) is 3.58. The van der Waals surface area contributed by atoms with Crippen LogP contribution in [-0.2, 0) is 0 Å². The van der Waals surface area contributed by atoms with Gasteiger partial charge in [0.25, 0.3) is 0 Å². The molecule has 1 N–H and O–H groups in total. The van der Waals surface area contributed by atoms with Crippen LogP contribution in [0.15, 0.2) is 12.1 Å². The van der Waals surface area contributed by atoms with Gasteiger partial charge in [0.05, 0.1) is 0 Å². The molecule has 0 atom stereocenters. The lowest BCUT2D eigenvalue weighted by Crippen LogP contribution is -1.83. The summed E-state index contributed by atoms with van der Waals surface area (Å²) >= 11 is 4.11. The summed E-state index contributed by atoms with van der Waals surface area (Å²) in [5.74, 6) is 0.0591. The summed E-state index contributed by atoms with van der Waals surface area (Å²) in [6.45, 7) is 0. The molecule has 0 unspecified atom stereocenters. The fourth-order valence-corrected chi connectivity index (χ4v) is 2.61. The monoisotopic (exact) mass is 371 g/mol. The van der Waals surface area contributed by atoms with Crippen molar-refractivity contribution in [2.24, 2.45) is 0 Å². The van der Waals surface area contributed by atoms with E-state index in [1.54, 1.807) is 6.07 Å². The molecular weight excluding hydrogens is 368 g/mol. The maximum atomic E-state index is 9.24. The molecule has 0 saturated heterocycles. The standard InChI is InChI=1S/C7H3I2NO/c8-4-1-6(9)5(3-10)7(11)2-4/h1-2,11H. The summed E-state index contributed by atoms with van der Waals surface area (Å²) in [5, 5.41) is 17.8. The molecule has 1 aromatic rings.